The molecule has 0 aliphatic rings. The van der Waals surface area contributed by atoms with Crippen LogP contribution in [0.2, 0.25) is 0 Å². The first-order valence-corrected chi connectivity index (χ1v) is 9.48. The van der Waals surface area contributed by atoms with E-state index in [9.17, 15) is 9.59 Å². The fourth-order valence-electron chi connectivity index (χ4n) is 2.45. The molecule has 28 heavy (non-hydrogen) atoms. The molecule has 0 radical (unpaired) electrons. The standard InChI is InChI=1S/C21H24N2O4S/c1-3-4-7-14-27-18-9-6-5-8-17(18)19(24)23-21(28)22-16-12-10-15(11-13-16)20(25)26-2/h5-6,8-13H,3-4,7,14H2,1-2H3,(H2,22,23,24,28). The SMILES string of the molecule is CCCCCOc1ccccc1C(=O)NC(=S)Nc1ccc(C(=O)OC)cc1. The predicted octanol–water partition coefficient (Wildman–Crippen LogP) is 4.17. The lowest BCUT2D eigenvalue weighted by atomic mass is 10.2. The van der Waals surface area contributed by atoms with Gasteiger partial charge in [0.1, 0.15) is 5.75 Å². The largest absolute Gasteiger partial charge is 0.493 e. The van der Waals surface area contributed by atoms with E-state index >= 15 is 0 Å². The smallest absolute Gasteiger partial charge is 0.337 e. The maximum Gasteiger partial charge on any atom is 0.337 e. The highest BCUT2D eigenvalue weighted by Gasteiger charge is 2.14. The van der Waals surface area contributed by atoms with Gasteiger partial charge in [0.15, 0.2) is 5.11 Å². The molecule has 0 atom stereocenters. The van der Waals surface area contributed by atoms with Gasteiger partial charge in [-0.3, -0.25) is 10.1 Å². The van der Waals surface area contributed by atoms with Gasteiger partial charge in [-0.05, 0) is 55.0 Å². The molecule has 0 unspecified atom stereocenters. The van der Waals surface area contributed by atoms with Crippen molar-refractivity contribution in [3.8, 4) is 5.75 Å². The molecule has 7 heteroatoms. The number of carbonyl (C=O) groups excluding carboxylic acids is 2. The Labute approximate surface area is 170 Å². The summed E-state index contributed by atoms with van der Waals surface area (Å²) < 4.78 is 10.4. The van der Waals surface area contributed by atoms with Gasteiger partial charge in [0.25, 0.3) is 5.91 Å². The number of carbonyl (C=O) groups is 2. The minimum atomic E-state index is -0.419. The number of amides is 1. The van der Waals surface area contributed by atoms with Crippen LogP contribution in [0.3, 0.4) is 0 Å². The van der Waals surface area contributed by atoms with Crippen molar-refractivity contribution in [3.05, 3.63) is 59.7 Å². The third-order valence-electron chi connectivity index (χ3n) is 3.93. The minimum Gasteiger partial charge on any atom is -0.493 e. The molecule has 2 aromatic rings. The second-order valence-electron chi connectivity index (χ2n) is 6.03. The average Bonchev–Trinajstić information content (AvgIpc) is 2.71. The van der Waals surface area contributed by atoms with Crippen molar-refractivity contribution in [2.45, 2.75) is 26.2 Å². The molecule has 0 aromatic heterocycles. The fourth-order valence-corrected chi connectivity index (χ4v) is 2.67. The van der Waals surface area contributed by atoms with Crippen LogP contribution in [0, 0.1) is 0 Å². The van der Waals surface area contributed by atoms with E-state index in [0.29, 0.717) is 29.2 Å². The van der Waals surface area contributed by atoms with Gasteiger partial charge in [0.2, 0.25) is 0 Å². The molecule has 2 rings (SSSR count). The number of hydrogen-bond donors (Lipinski definition) is 2. The highest BCUT2D eigenvalue weighted by Crippen LogP contribution is 2.18. The van der Waals surface area contributed by atoms with Crippen LogP contribution in [0.1, 0.15) is 46.9 Å². The van der Waals surface area contributed by atoms with Gasteiger partial charge in [0, 0.05) is 5.69 Å². The minimum absolute atomic E-state index is 0.150. The Morgan fingerprint density at radius 3 is 2.43 bits per heavy atom. The molecule has 0 heterocycles. The van der Waals surface area contributed by atoms with Crippen molar-refractivity contribution in [2.75, 3.05) is 19.0 Å². The summed E-state index contributed by atoms with van der Waals surface area (Å²) in [5.41, 5.74) is 1.49. The first-order chi connectivity index (χ1) is 13.5. The zero-order chi connectivity index (χ0) is 20.4. The number of esters is 1. The second kappa shape index (κ2) is 11.0. The van der Waals surface area contributed by atoms with Crippen molar-refractivity contribution >= 4 is 34.9 Å². The lowest BCUT2D eigenvalue weighted by Crippen LogP contribution is -2.34. The van der Waals surface area contributed by atoms with Crippen LogP contribution in [0.5, 0.6) is 5.75 Å². The predicted molar refractivity (Wildman–Crippen MR) is 113 cm³/mol. The van der Waals surface area contributed by atoms with Crippen LogP contribution in [-0.4, -0.2) is 30.7 Å². The van der Waals surface area contributed by atoms with Crippen molar-refractivity contribution in [1.82, 2.24) is 5.32 Å². The molecule has 2 aromatic carbocycles. The van der Waals surface area contributed by atoms with Crippen LogP contribution < -0.4 is 15.4 Å². The van der Waals surface area contributed by atoms with E-state index in [1.165, 1.54) is 7.11 Å². The van der Waals surface area contributed by atoms with Crippen molar-refractivity contribution in [3.63, 3.8) is 0 Å². The molecule has 0 saturated heterocycles. The summed E-state index contributed by atoms with van der Waals surface area (Å²) in [6, 6.07) is 13.6. The van der Waals surface area contributed by atoms with Gasteiger partial charge in [0.05, 0.1) is 24.8 Å². The maximum atomic E-state index is 12.6. The van der Waals surface area contributed by atoms with Crippen LogP contribution in [0.4, 0.5) is 5.69 Å². The second-order valence-corrected chi connectivity index (χ2v) is 6.44. The van der Waals surface area contributed by atoms with Gasteiger partial charge in [-0.2, -0.15) is 0 Å². The van der Waals surface area contributed by atoms with Crippen molar-refractivity contribution in [1.29, 1.82) is 0 Å². The van der Waals surface area contributed by atoms with E-state index < -0.39 is 5.97 Å². The van der Waals surface area contributed by atoms with Gasteiger partial charge in [-0.25, -0.2) is 4.79 Å². The number of benzene rings is 2. The van der Waals surface area contributed by atoms with E-state index in [1.54, 1.807) is 42.5 Å². The Morgan fingerprint density at radius 1 is 1.04 bits per heavy atom. The number of hydrogen-bond acceptors (Lipinski definition) is 5. The number of thiocarbonyl (C=S) groups is 1. The number of unbranched alkanes of at least 4 members (excludes halogenated alkanes) is 2. The molecule has 0 fully saturated rings. The maximum absolute atomic E-state index is 12.6. The number of para-hydroxylation sites is 1. The first-order valence-electron chi connectivity index (χ1n) is 9.07. The quantitative estimate of drug-likeness (QED) is 0.393. The Balaban J connectivity index is 1.95. The number of rotatable bonds is 8. The normalized spacial score (nSPS) is 10.1. The van der Waals surface area contributed by atoms with Crippen molar-refractivity contribution < 1.29 is 19.1 Å². The van der Waals surface area contributed by atoms with E-state index in [0.717, 1.165) is 19.3 Å². The summed E-state index contributed by atoms with van der Waals surface area (Å²) in [7, 11) is 1.32. The fraction of sp³-hybridized carbons (Fsp3) is 0.286. The third-order valence-corrected chi connectivity index (χ3v) is 4.13. The van der Waals surface area contributed by atoms with Gasteiger partial charge in [-0.1, -0.05) is 31.9 Å². The van der Waals surface area contributed by atoms with Crippen LogP contribution in [0.15, 0.2) is 48.5 Å². The van der Waals surface area contributed by atoms with Crippen LogP contribution in [0.25, 0.3) is 0 Å². The number of anilines is 1. The van der Waals surface area contributed by atoms with Gasteiger partial charge < -0.3 is 14.8 Å². The van der Waals surface area contributed by atoms with Gasteiger partial charge in [-0.15, -0.1) is 0 Å². The summed E-state index contributed by atoms with van der Waals surface area (Å²) >= 11 is 5.21. The van der Waals surface area contributed by atoms with E-state index in [-0.39, 0.29) is 11.0 Å². The highest BCUT2D eigenvalue weighted by molar-refractivity contribution is 7.80. The van der Waals surface area contributed by atoms with E-state index in [1.807, 2.05) is 6.07 Å². The number of methoxy groups -OCH3 is 1. The first kappa shape index (κ1) is 21.4. The molecule has 6 nitrogen and oxygen atoms in total. The summed E-state index contributed by atoms with van der Waals surface area (Å²) in [6.07, 6.45) is 3.12. The van der Waals surface area contributed by atoms with Crippen molar-refractivity contribution in [2.24, 2.45) is 0 Å². The van der Waals surface area contributed by atoms with E-state index in [4.69, 9.17) is 17.0 Å². The summed E-state index contributed by atoms with van der Waals surface area (Å²) in [6.45, 7) is 2.69. The van der Waals surface area contributed by atoms with E-state index in [2.05, 4.69) is 22.3 Å². The Kier molecular flexibility index (Phi) is 8.42. The molecule has 0 aliphatic heterocycles. The molecule has 0 aliphatic carbocycles. The number of ether oxygens (including phenoxy) is 2. The lowest BCUT2D eigenvalue weighted by molar-refractivity contribution is 0.0600. The zero-order valence-corrected chi connectivity index (χ0v) is 16.8. The average molecular weight is 401 g/mol. The molecule has 0 spiro atoms. The zero-order valence-electron chi connectivity index (χ0n) is 16.0. The third kappa shape index (κ3) is 6.35. The summed E-state index contributed by atoms with van der Waals surface area (Å²) in [4.78, 5) is 24.0. The summed E-state index contributed by atoms with van der Waals surface area (Å²) in [5.74, 6) is -0.242. The Bertz CT molecular complexity index is 821. The Hall–Kier alpha value is -2.93. The molecular formula is C21H24N2O4S. The molecule has 0 bridgehead atoms. The molecular weight excluding hydrogens is 376 g/mol. The number of nitrogens with one attached hydrogen (secondary N) is 2. The van der Waals surface area contributed by atoms with Crippen LogP contribution >= 0.6 is 12.2 Å². The van der Waals surface area contributed by atoms with Gasteiger partial charge >= 0.3 is 5.97 Å². The molecule has 148 valence electrons. The lowest BCUT2D eigenvalue weighted by Gasteiger charge is -2.13. The molecule has 1 amide bonds. The monoisotopic (exact) mass is 400 g/mol. The molecule has 2 N–H and O–H groups in total. The Morgan fingerprint density at radius 2 is 1.75 bits per heavy atom. The van der Waals surface area contributed by atoms with Crippen LogP contribution in [-0.2, 0) is 4.74 Å². The highest BCUT2D eigenvalue weighted by atomic mass is 32.1. The summed E-state index contributed by atoms with van der Waals surface area (Å²) in [5, 5.41) is 5.71. The molecule has 0 saturated carbocycles. The topological polar surface area (TPSA) is 76.7 Å².